The molecule has 1 aliphatic heterocycles. The Morgan fingerprint density at radius 1 is 1.29 bits per heavy atom. The molecule has 0 aromatic rings. The fourth-order valence-electron chi connectivity index (χ4n) is 3.16. The van der Waals surface area contributed by atoms with E-state index >= 15 is 0 Å². The van der Waals surface area contributed by atoms with Crippen molar-refractivity contribution >= 4 is 23.8 Å². The maximum absolute atomic E-state index is 12.5. The molecule has 5 nitrogen and oxygen atoms in total. The summed E-state index contributed by atoms with van der Waals surface area (Å²) in [5.74, 6) is 0.0580. The second kappa shape index (κ2) is 7.38. The number of aliphatic carboxylic acids is 1. The van der Waals surface area contributed by atoms with Crippen LogP contribution in [0.25, 0.3) is 0 Å². The third-order valence-corrected chi connectivity index (χ3v) is 5.97. The molecule has 0 bridgehead atoms. The molecule has 0 spiro atoms. The average molecular weight is 314 g/mol. The minimum Gasteiger partial charge on any atom is -0.480 e. The summed E-state index contributed by atoms with van der Waals surface area (Å²) < 4.78 is 0. The fraction of sp³-hybridized carbons (Fsp3) is 0.867. The first kappa shape index (κ1) is 16.5. The molecule has 120 valence electrons. The van der Waals surface area contributed by atoms with Gasteiger partial charge < -0.3 is 15.3 Å². The van der Waals surface area contributed by atoms with Crippen molar-refractivity contribution in [3.8, 4) is 0 Å². The van der Waals surface area contributed by atoms with Crippen molar-refractivity contribution in [3.63, 3.8) is 0 Å². The highest BCUT2D eigenvalue weighted by Gasteiger charge is 2.41. The number of nitrogens with zero attached hydrogens (tertiary/aromatic N) is 1. The monoisotopic (exact) mass is 314 g/mol. The molecule has 21 heavy (non-hydrogen) atoms. The van der Waals surface area contributed by atoms with Crippen LogP contribution in [0, 0.1) is 0 Å². The smallest absolute Gasteiger partial charge is 0.329 e. The summed E-state index contributed by atoms with van der Waals surface area (Å²) in [7, 11) is 0. The van der Waals surface area contributed by atoms with E-state index < -0.39 is 11.5 Å². The van der Waals surface area contributed by atoms with Crippen LogP contribution in [-0.2, 0) is 4.79 Å². The number of carboxylic acid groups (broad SMARTS) is 1. The number of amides is 2. The molecule has 1 saturated heterocycles. The van der Waals surface area contributed by atoms with Gasteiger partial charge in [0.05, 0.1) is 0 Å². The van der Waals surface area contributed by atoms with Crippen LogP contribution in [0.15, 0.2) is 0 Å². The third kappa shape index (κ3) is 4.05. The van der Waals surface area contributed by atoms with Crippen LogP contribution < -0.4 is 5.32 Å². The Kier molecular flexibility index (Phi) is 5.79. The molecule has 1 saturated carbocycles. The summed E-state index contributed by atoms with van der Waals surface area (Å²) in [4.78, 5) is 26.0. The van der Waals surface area contributed by atoms with Crippen LogP contribution >= 0.6 is 11.8 Å². The summed E-state index contributed by atoms with van der Waals surface area (Å²) in [6, 6.07) is -0.196. The number of urea groups is 1. The minimum atomic E-state index is -1.06. The van der Waals surface area contributed by atoms with E-state index in [0.29, 0.717) is 24.6 Å². The van der Waals surface area contributed by atoms with Gasteiger partial charge in [-0.05, 0) is 19.3 Å². The molecule has 2 N–H and O–H groups in total. The van der Waals surface area contributed by atoms with Crippen molar-refractivity contribution in [2.24, 2.45) is 0 Å². The van der Waals surface area contributed by atoms with Crippen molar-refractivity contribution in [2.75, 3.05) is 18.8 Å². The zero-order valence-electron chi connectivity index (χ0n) is 12.8. The molecular formula is C15H26N2O3S. The minimum absolute atomic E-state index is 0.196. The molecule has 1 atom stereocenters. The Balaban J connectivity index is 2.02. The Hall–Kier alpha value is -0.910. The summed E-state index contributed by atoms with van der Waals surface area (Å²) in [6.45, 7) is 3.56. The van der Waals surface area contributed by atoms with Gasteiger partial charge >= 0.3 is 12.0 Å². The first-order chi connectivity index (χ1) is 10.1. The van der Waals surface area contributed by atoms with E-state index in [4.69, 9.17) is 0 Å². The Bertz CT molecular complexity index is 381. The topological polar surface area (TPSA) is 69.6 Å². The average Bonchev–Trinajstić information content (AvgIpc) is 2.74. The molecule has 2 amide bonds. The van der Waals surface area contributed by atoms with E-state index in [1.54, 1.807) is 4.90 Å². The van der Waals surface area contributed by atoms with Crippen molar-refractivity contribution in [1.82, 2.24) is 10.2 Å². The highest BCUT2D eigenvalue weighted by molar-refractivity contribution is 8.00. The number of thioether (sulfide) groups is 1. The predicted molar refractivity (Wildman–Crippen MR) is 84.7 cm³/mol. The van der Waals surface area contributed by atoms with Crippen molar-refractivity contribution in [3.05, 3.63) is 0 Å². The molecule has 1 heterocycles. The highest BCUT2D eigenvalue weighted by atomic mass is 32.2. The molecule has 2 fully saturated rings. The summed E-state index contributed by atoms with van der Waals surface area (Å²) in [5.41, 5.74) is -1.06. The van der Waals surface area contributed by atoms with Crippen LogP contribution in [-0.4, -0.2) is 51.6 Å². The van der Waals surface area contributed by atoms with Gasteiger partial charge in [-0.15, -0.1) is 0 Å². The van der Waals surface area contributed by atoms with E-state index in [0.717, 1.165) is 44.4 Å². The number of hydrogen-bond acceptors (Lipinski definition) is 3. The van der Waals surface area contributed by atoms with E-state index in [2.05, 4.69) is 12.2 Å². The lowest BCUT2D eigenvalue weighted by atomic mass is 9.90. The first-order valence-corrected chi connectivity index (χ1v) is 9.04. The molecule has 2 rings (SSSR count). The summed E-state index contributed by atoms with van der Waals surface area (Å²) in [5, 5.41) is 13.0. The van der Waals surface area contributed by atoms with Crippen LogP contribution in [0.1, 0.15) is 51.9 Å². The van der Waals surface area contributed by atoms with E-state index in [1.165, 1.54) is 0 Å². The molecule has 0 aromatic carbocycles. The van der Waals surface area contributed by atoms with Crippen LogP contribution in [0.4, 0.5) is 4.79 Å². The SMILES string of the molecule is CCC1CN(C(=O)NC2(C(=O)O)CCCCCC2)CCS1. The summed E-state index contributed by atoms with van der Waals surface area (Å²) in [6.07, 6.45) is 6.01. The molecule has 6 heteroatoms. The van der Waals surface area contributed by atoms with Crippen LogP contribution in [0.3, 0.4) is 0 Å². The fourth-order valence-corrected chi connectivity index (χ4v) is 4.34. The van der Waals surface area contributed by atoms with E-state index in [9.17, 15) is 14.7 Å². The second-order valence-corrected chi connectivity index (χ2v) is 7.49. The van der Waals surface area contributed by atoms with Gasteiger partial charge in [-0.2, -0.15) is 11.8 Å². The van der Waals surface area contributed by atoms with Gasteiger partial charge in [0.25, 0.3) is 0 Å². The molecular weight excluding hydrogens is 288 g/mol. The normalized spacial score (nSPS) is 26.0. The number of carbonyl (C=O) groups is 2. The maximum Gasteiger partial charge on any atom is 0.329 e. The van der Waals surface area contributed by atoms with Crippen LogP contribution in [0.2, 0.25) is 0 Å². The van der Waals surface area contributed by atoms with Gasteiger partial charge in [-0.3, -0.25) is 0 Å². The zero-order valence-corrected chi connectivity index (χ0v) is 13.6. The Labute approximate surface area is 130 Å². The molecule has 0 radical (unpaired) electrons. The number of carbonyl (C=O) groups excluding carboxylic acids is 1. The zero-order chi connectivity index (χ0) is 15.3. The van der Waals surface area contributed by atoms with E-state index in [1.807, 2.05) is 11.8 Å². The van der Waals surface area contributed by atoms with Gasteiger partial charge in [-0.25, -0.2) is 9.59 Å². The lowest BCUT2D eigenvalue weighted by Crippen LogP contribution is -2.59. The number of nitrogens with one attached hydrogen (secondary N) is 1. The first-order valence-electron chi connectivity index (χ1n) is 7.99. The largest absolute Gasteiger partial charge is 0.480 e. The van der Waals surface area contributed by atoms with Crippen LogP contribution in [0.5, 0.6) is 0 Å². The molecule has 2 aliphatic rings. The lowest BCUT2D eigenvalue weighted by molar-refractivity contribution is -0.145. The molecule has 0 aromatic heterocycles. The number of rotatable bonds is 3. The number of carboxylic acids is 1. The Morgan fingerprint density at radius 2 is 1.95 bits per heavy atom. The second-order valence-electron chi connectivity index (χ2n) is 6.08. The third-order valence-electron chi connectivity index (χ3n) is 4.59. The van der Waals surface area contributed by atoms with E-state index in [-0.39, 0.29) is 6.03 Å². The van der Waals surface area contributed by atoms with Gasteiger partial charge in [-0.1, -0.05) is 32.6 Å². The molecule has 1 aliphatic carbocycles. The summed E-state index contributed by atoms with van der Waals surface area (Å²) >= 11 is 1.90. The Morgan fingerprint density at radius 3 is 2.52 bits per heavy atom. The van der Waals surface area contributed by atoms with Gasteiger partial charge in [0.15, 0.2) is 0 Å². The highest BCUT2D eigenvalue weighted by Crippen LogP contribution is 2.28. The van der Waals surface area contributed by atoms with Gasteiger partial charge in [0.1, 0.15) is 5.54 Å². The van der Waals surface area contributed by atoms with Gasteiger partial charge in [0, 0.05) is 24.1 Å². The molecule has 1 unspecified atom stereocenters. The number of hydrogen-bond donors (Lipinski definition) is 2. The quantitative estimate of drug-likeness (QED) is 0.786. The van der Waals surface area contributed by atoms with Crippen molar-refractivity contribution in [2.45, 2.75) is 62.7 Å². The van der Waals surface area contributed by atoms with Gasteiger partial charge in [0.2, 0.25) is 0 Å². The van der Waals surface area contributed by atoms with Crippen molar-refractivity contribution in [1.29, 1.82) is 0 Å². The van der Waals surface area contributed by atoms with Crippen molar-refractivity contribution < 1.29 is 14.7 Å². The standard InChI is InChI=1S/C15H26N2O3S/c1-2-12-11-17(9-10-21-12)14(20)16-15(13(18)19)7-5-3-4-6-8-15/h12H,2-11H2,1H3,(H,16,20)(H,18,19). The maximum atomic E-state index is 12.5. The lowest BCUT2D eigenvalue weighted by Gasteiger charge is -2.36. The predicted octanol–water partition coefficient (Wildman–Crippen LogP) is 2.70.